The Hall–Kier alpha value is -3.77. The standard InChI is InChI=1S/C20H19N7O4S/c1-26(31-2)19(29)15-6-5-14(32-15)12-8-16(22-11-3-4-11)27-17(23-12)10(9-21-27)7-13-18(28)25-20(30)24-13/h5-9,11,28H,3-4H2,1-2H3,(H2,24,25,30)/b10-7-,22-16?. The van der Waals surface area contributed by atoms with Crippen molar-refractivity contribution in [3.63, 3.8) is 0 Å². The van der Waals surface area contributed by atoms with Crippen LogP contribution in [0.3, 0.4) is 0 Å². The molecule has 1 saturated carbocycles. The molecule has 4 aromatic rings. The number of thiophene rings is 1. The largest absolute Gasteiger partial charge is 0.493 e. The van der Waals surface area contributed by atoms with Crippen LogP contribution in [0, 0.1) is 0 Å². The second-order valence-electron chi connectivity index (χ2n) is 7.33. The van der Waals surface area contributed by atoms with Crippen molar-refractivity contribution in [3.8, 4) is 16.5 Å². The molecule has 0 unspecified atom stereocenters. The number of hydrogen-bond acceptors (Lipinski definition) is 8. The smallest absolute Gasteiger partial charge is 0.326 e. The highest BCUT2D eigenvalue weighted by molar-refractivity contribution is 7.17. The van der Waals surface area contributed by atoms with Gasteiger partial charge in [0.15, 0.2) is 11.1 Å². The normalized spacial score (nSPS) is 15.1. The predicted octanol–water partition coefficient (Wildman–Crippen LogP) is 0.424. The highest BCUT2D eigenvalue weighted by atomic mass is 32.1. The summed E-state index contributed by atoms with van der Waals surface area (Å²) in [7, 11) is 2.98. The second kappa shape index (κ2) is 7.73. The van der Waals surface area contributed by atoms with Crippen LogP contribution in [0.1, 0.15) is 28.2 Å². The summed E-state index contributed by atoms with van der Waals surface area (Å²) in [4.78, 5) is 44.5. The van der Waals surface area contributed by atoms with Gasteiger partial charge in [0.25, 0.3) is 5.91 Å². The molecule has 0 aromatic carbocycles. The maximum atomic E-state index is 12.4. The number of aromatic hydroxyl groups is 1. The van der Waals surface area contributed by atoms with Crippen molar-refractivity contribution in [2.75, 3.05) is 14.2 Å². The van der Waals surface area contributed by atoms with E-state index in [1.807, 2.05) is 12.1 Å². The van der Waals surface area contributed by atoms with Crippen molar-refractivity contribution < 1.29 is 14.7 Å². The predicted molar refractivity (Wildman–Crippen MR) is 116 cm³/mol. The van der Waals surface area contributed by atoms with E-state index >= 15 is 0 Å². The molecule has 32 heavy (non-hydrogen) atoms. The SMILES string of the molecule is CON(C)C(=O)c1ccc(-c2cc(=NC3CC3)n3nc/c(=C/c4[nH]c(=O)[nH]c4O)c3n2)s1. The van der Waals surface area contributed by atoms with E-state index in [9.17, 15) is 14.7 Å². The van der Waals surface area contributed by atoms with Crippen molar-refractivity contribution in [2.24, 2.45) is 4.99 Å². The molecule has 1 aliphatic rings. The van der Waals surface area contributed by atoms with E-state index in [-0.39, 0.29) is 23.5 Å². The van der Waals surface area contributed by atoms with Crippen LogP contribution in [0.4, 0.5) is 0 Å². The van der Waals surface area contributed by atoms with Crippen LogP contribution < -0.4 is 16.4 Å². The first kappa shape index (κ1) is 20.2. The lowest BCUT2D eigenvalue weighted by molar-refractivity contribution is -0.0753. The number of fused-ring (bicyclic) bond motifs is 1. The summed E-state index contributed by atoms with van der Waals surface area (Å²) < 4.78 is 1.63. The molecular weight excluding hydrogens is 434 g/mol. The minimum absolute atomic E-state index is 0.226. The van der Waals surface area contributed by atoms with E-state index in [1.54, 1.807) is 29.9 Å². The van der Waals surface area contributed by atoms with Crippen molar-refractivity contribution in [1.82, 2.24) is 29.6 Å². The average Bonchev–Trinajstić information content (AvgIpc) is 3.17. The first-order chi connectivity index (χ1) is 15.4. The summed E-state index contributed by atoms with van der Waals surface area (Å²) in [6.45, 7) is 0. The number of nitrogens with one attached hydrogen (secondary N) is 2. The van der Waals surface area contributed by atoms with E-state index in [4.69, 9.17) is 14.8 Å². The zero-order valence-electron chi connectivity index (χ0n) is 17.2. The Bertz CT molecular complexity index is 1510. The van der Waals surface area contributed by atoms with Gasteiger partial charge in [-0.2, -0.15) is 9.61 Å². The molecule has 0 saturated heterocycles. The lowest BCUT2D eigenvalue weighted by atomic mass is 10.3. The van der Waals surface area contributed by atoms with Gasteiger partial charge in [-0.25, -0.2) is 14.8 Å². The van der Waals surface area contributed by atoms with Gasteiger partial charge in [0.2, 0.25) is 5.88 Å². The Morgan fingerprint density at radius 2 is 2.22 bits per heavy atom. The number of H-pyrrole nitrogens is 2. The van der Waals surface area contributed by atoms with Gasteiger partial charge in [0, 0.05) is 18.3 Å². The summed E-state index contributed by atoms with van der Waals surface area (Å²) >= 11 is 1.30. The van der Waals surface area contributed by atoms with E-state index in [0.717, 1.165) is 22.8 Å². The first-order valence-electron chi connectivity index (χ1n) is 9.81. The van der Waals surface area contributed by atoms with Gasteiger partial charge in [-0.05, 0) is 31.1 Å². The quantitative estimate of drug-likeness (QED) is 0.374. The molecule has 1 aliphatic carbocycles. The molecule has 0 atom stereocenters. The number of aromatic amines is 2. The van der Waals surface area contributed by atoms with E-state index < -0.39 is 5.69 Å². The molecule has 4 heterocycles. The average molecular weight is 453 g/mol. The Balaban J connectivity index is 1.68. The van der Waals surface area contributed by atoms with Crippen LogP contribution in [0.5, 0.6) is 5.88 Å². The third-order valence-corrected chi connectivity index (χ3v) is 6.10. The summed E-state index contributed by atoms with van der Waals surface area (Å²) in [5.74, 6) is -0.518. The molecule has 12 heteroatoms. The van der Waals surface area contributed by atoms with Gasteiger partial charge in [0.1, 0.15) is 5.69 Å². The second-order valence-corrected chi connectivity index (χ2v) is 8.41. The molecule has 1 fully saturated rings. The van der Waals surface area contributed by atoms with Gasteiger partial charge in [-0.3, -0.25) is 19.6 Å². The van der Waals surface area contributed by atoms with Crippen molar-refractivity contribution in [2.45, 2.75) is 18.9 Å². The van der Waals surface area contributed by atoms with Gasteiger partial charge >= 0.3 is 5.69 Å². The zero-order valence-corrected chi connectivity index (χ0v) is 18.0. The summed E-state index contributed by atoms with van der Waals surface area (Å²) in [6.07, 6.45) is 5.24. The maximum Gasteiger partial charge on any atom is 0.326 e. The summed E-state index contributed by atoms with van der Waals surface area (Å²) in [5.41, 5.74) is 1.51. The first-order valence-corrected chi connectivity index (χ1v) is 10.6. The van der Waals surface area contributed by atoms with Crippen molar-refractivity contribution in [3.05, 3.63) is 56.2 Å². The van der Waals surface area contributed by atoms with E-state index in [1.165, 1.54) is 18.4 Å². The third kappa shape index (κ3) is 3.69. The van der Waals surface area contributed by atoms with Crippen LogP contribution in [0.2, 0.25) is 0 Å². The Labute approximate surface area is 184 Å². The third-order valence-electron chi connectivity index (χ3n) is 5.01. The molecule has 1 amide bonds. The minimum atomic E-state index is -0.514. The lowest BCUT2D eigenvalue weighted by Gasteiger charge is -2.11. The fourth-order valence-corrected chi connectivity index (χ4v) is 4.08. The van der Waals surface area contributed by atoms with Crippen LogP contribution in [-0.4, -0.2) is 60.8 Å². The van der Waals surface area contributed by atoms with Crippen molar-refractivity contribution in [1.29, 1.82) is 0 Å². The molecular formula is C20H19N7O4S. The number of carbonyl (C=O) groups excluding carboxylic acids is 1. The fraction of sp³-hybridized carbons (Fsp3) is 0.250. The number of amides is 1. The van der Waals surface area contributed by atoms with Crippen LogP contribution in [-0.2, 0) is 4.84 Å². The highest BCUT2D eigenvalue weighted by Crippen LogP contribution is 2.27. The molecule has 3 N–H and O–H groups in total. The molecule has 164 valence electrons. The molecule has 0 bridgehead atoms. The zero-order chi connectivity index (χ0) is 22.4. The summed E-state index contributed by atoms with van der Waals surface area (Å²) in [6, 6.07) is 5.66. The number of imidazole rings is 1. The Morgan fingerprint density at radius 3 is 2.91 bits per heavy atom. The van der Waals surface area contributed by atoms with Crippen LogP contribution in [0.25, 0.3) is 22.3 Å². The number of hydroxylamine groups is 2. The number of hydrogen-bond donors (Lipinski definition) is 3. The number of aromatic nitrogens is 5. The number of nitrogens with zero attached hydrogens (tertiary/aromatic N) is 5. The Morgan fingerprint density at radius 1 is 1.41 bits per heavy atom. The van der Waals surface area contributed by atoms with Gasteiger partial charge in [0.05, 0.1) is 34.8 Å². The molecule has 5 rings (SSSR count). The van der Waals surface area contributed by atoms with Gasteiger partial charge in [-0.1, -0.05) is 0 Å². The van der Waals surface area contributed by atoms with Crippen LogP contribution in [0.15, 0.2) is 34.2 Å². The molecule has 0 spiro atoms. The summed E-state index contributed by atoms with van der Waals surface area (Å²) in [5, 5.41) is 16.1. The Kier molecular flexibility index (Phi) is 4.87. The monoisotopic (exact) mass is 453 g/mol. The van der Waals surface area contributed by atoms with Gasteiger partial charge < -0.3 is 10.1 Å². The topological polar surface area (TPSA) is 141 Å². The maximum absolute atomic E-state index is 12.4. The van der Waals surface area contributed by atoms with E-state index in [0.29, 0.717) is 26.9 Å². The fourth-order valence-electron chi connectivity index (χ4n) is 3.15. The molecule has 0 radical (unpaired) electrons. The highest BCUT2D eigenvalue weighted by Gasteiger charge is 2.21. The van der Waals surface area contributed by atoms with E-state index in [2.05, 4.69) is 15.1 Å². The van der Waals surface area contributed by atoms with Crippen LogP contribution >= 0.6 is 11.3 Å². The number of carbonyl (C=O) groups is 1. The molecule has 0 aliphatic heterocycles. The molecule has 11 nitrogen and oxygen atoms in total. The molecule has 4 aromatic heterocycles. The van der Waals surface area contributed by atoms with Gasteiger partial charge in [-0.15, -0.1) is 11.3 Å². The minimum Gasteiger partial charge on any atom is -0.493 e. The number of rotatable bonds is 5. The lowest BCUT2D eigenvalue weighted by Crippen LogP contribution is -2.24. The van der Waals surface area contributed by atoms with Crippen molar-refractivity contribution >= 4 is 29.0 Å².